The van der Waals surface area contributed by atoms with Crippen molar-refractivity contribution in [1.82, 2.24) is 15.0 Å². The van der Waals surface area contributed by atoms with Crippen molar-refractivity contribution in [3.8, 4) is 17.1 Å². The van der Waals surface area contributed by atoms with Crippen molar-refractivity contribution in [1.29, 1.82) is 5.41 Å². The van der Waals surface area contributed by atoms with E-state index < -0.39 is 0 Å². The van der Waals surface area contributed by atoms with Crippen LogP contribution in [-0.4, -0.2) is 34.2 Å². The number of benzene rings is 1. The number of nitrogens with one attached hydrogen (secondary N) is 1. The first-order valence-corrected chi connectivity index (χ1v) is 11.2. The number of aryl methyl sites for hydroxylation is 2. The van der Waals surface area contributed by atoms with Crippen molar-refractivity contribution >= 4 is 5.96 Å². The van der Waals surface area contributed by atoms with E-state index in [1.165, 1.54) is 32.1 Å². The van der Waals surface area contributed by atoms with Crippen molar-refractivity contribution in [3.05, 3.63) is 29.2 Å². The third-order valence-electron chi connectivity index (χ3n) is 5.75. The van der Waals surface area contributed by atoms with E-state index >= 15 is 0 Å². The highest BCUT2D eigenvalue weighted by Crippen LogP contribution is 2.33. The van der Waals surface area contributed by atoms with E-state index in [0.717, 1.165) is 54.9 Å². The first-order valence-electron chi connectivity index (χ1n) is 11.2. The molecular formula is C23H35N5O2. The molecule has 0 saturated carbocycles. The molecule has 1 aromatic heterocycles. The van der Waals surface area contributed by atoms with Gasteiger partial charge in [-0.3, -0.25) is 5.41 Å². The molecule has 7 heteroatoms. The number of aromatic nitrogens is 2. The van der Waals surface area contributed by atoms with Crippen LogP contribution in [0, 0.1) is 19.3 Å². The van der Waals surface area contributed by atoms with Crippen molar-refractivity contribution in [2.24, 2.45) is 5.73 Å². The maximum absolute atomic E-state index is 7.73. The van der Waals surface area contributed by atoms with Crippen LogP contribution in [0.25, 0.3) is 11.4 Å². The lowest BCUT2D eigenvalue weighted by atomic mass is 10.1. The van der Waals surface area contributed by atoms with E-state index in [1.807, 2.05) is 4.90 Å². The van der Waals surface area contributed by atoms with E-state index in [2.05, 4.69) is 43.0 Å². The second-order valence-electron chi connectivity index (χ2n) is 8.25. The standard InChI is InChI=1S/C23H35N5O2/c1-4-5-6-7-8-9-13-29-20-16(2)14-18(15-17(20)3)21-26-22(30-27-21)19-11-10-12-28(19)23(24)25/h14-15,19H,4-13H2,1-3H3,(H3,24,25)/t19-/m0/s1. The van der Waals surface area contributed by atoms with Crippen molar-refractivity contribution in [2.75, 3.05) is 13.2 Å². The Labute approximate surface area is 179 Å². The number of rotatable bonds is 10. The molecule has 0 unspecified atom stereocenters. The van der Waals surface area contributed by atoms with Crippen LogP contribution in [0.4, 0.5) is 0 Å². The van der Waals surface area contributed by atoms with Crippen LogP contribution in [0.15, 0.2) is 16.7 Å². The number of hydrogen-bond donors (Lipinski definition) is 2. The van der Waals surface area contributed by atoms with Gasteiger partial charge in [-0.15, -0.1) is 0 Å². The highest BCUT2D eigenvalue weighted by molar-refractivity contribution is 5.75. The Morgan fingerprint density at radius 2 is 1.90 bits per heavy atom. The summed E-state index contributed by atoms with van der Waals surface area (Å²) in [6.45, 7) is 7.86. The summed E-state index contributed by atoms with van der Waals surface area (Å²) in [6, 6.07) is 4.00. The quantitative estimate of drug-likeness (QED) is 0.318. The van der Waals surface area contributed by atoms with Crippen LogP contribution in [0.2, 0.25) is 0 Å². The smallest absolute Gasteiger partial charge is 0.249 e. The topological polar surface area (TPSA) is 101 Å². The van der Waals surface area contributed by atoms with Crippen molar-refractivity contribution < 1.29 is 9.26 Å². The second kappa shape index (κ2) is 10.5. The summed E-state index contributed by atoms with van der Waals surface area (Å²) in [5.74, 6) is 2.09. The first-order chi connectivity index (χ1) is 14.5. The number of unbranched alkanes of at least 4 members (excludes halogenated alkanes) is 5. The number of hydrogen-bond acceptors (Lipinski definition) is 5. The van der Waals surface area contributed by atoms with Crippen molar-refractivity contribution in [3.63, 3.8) is 0 Å². The summed E-state index contributed by atoms with van der Waals surface area (Å²) in [5.41, 5.74) is 8.76. The average Bonchev–Trinajstić information content (AvgIpc) is 3.38. The second-order valence-corrected chi connectivity index (χ2v) is 8.25. The molecule has 1 aliphatic rings. The monoisotopic (exact) mass is 413 g/mol. The third-order valence-corrected chi connectivity index (χ3v) is 5.75. The minimum Gasteiger partial charge on any atom is -0.493 e. The Hall–Kier alpha value is -2.57. The zero-order valence-electron chi connectivity index (χ0n) is 18.5. The zero-order valence-corrected chi connectivity index (χ0v) is 18.5. The molecule has 1 fully saturated rings. The fourth-order valence-corrected chi connectivity index (χ4v) is 4.16. The molecule has 7 nitrogen and oxygen atoms in total. The third kappa shape index (κ3) is 5.32. The fourth-order valence-electron chi connectivity index (χ4n) is 4.16. The Kier molecular flexibility index (Phi) is 7.71. The van der Waals surface area contributed by atoms with Gasteiger partial charge in [0.15, 0.2) is 5.96 Å². The predicted molar refractivity (Wildman–Crippen MR) is 119 cm³/mol. The van der Waals surface area contributed by atoms with E-state index in [1.54, 1.807) is 0 Å². The Morgan fingerprint density at radius 3 is 2.60 bits per heavy atom. The summed E-state index contributed by atoms with van der Waals surface area (Å²) in [5, 5.41) is 11.9. The van der Waals surface area contributed by atoms with Gasteiger partial charge in [-0.1, -0.05) is 44.2 Å². The normalized spacial score (nSPS) is 16.2. The molecule has 1 aromatic carbocycles. The number of guanidine groups is 1. The molecule has 2 aromatic rings. The zero-order chi connectivity index (χ0) is 21.5. The number of nitrogens with two attached hydrogens (primary N) is 1. The van der Waals surface area contributed by atoms with Crippen LogP contribution < -0.4 is 10.5 Å². The molecule has 1 atom stereocenters. The molecular weight excluding hydrogens is 378 g/mol. The Morgan fingerprint density at radius 1 is 1.20 bits per heavy atom. The minimum absolute atomic E-state index is 0.0517. The first kappa shape index (κ1) is 22.1. The van der Waals surface area contributed by atoms with Crippen LogP contribution in [0.5, 0.6) is 5.75 Å². The highest BCUT2D eigenvalue weighted by atomic mass is 16.5. The van der Waals surface area contributed by atoms with Crippen LogP contribution in [0.3, 0.4) is 0 Å². The maximum atomic E-state index is 7.73. The molecule has 0 aliphatic carbocycles. The maximum Gasteiger partial charge on any atom is 0.249 e. The summed E-state index contributed by atoms with van der Waals surface area (Å²) < 4.78 is 11.6. The van der Waals surface area contributed by atoms with Crippen LogP contribution in [-0.2, 0) is 0 Å². The van der Waals surface area contributed by atoms with E-state index in [0.29, 0.717) is 11.7 Å². The molecule has 0 spiro atoms. The van der Waals surface area contributed by atoms with E-state index in [-0.39, 0.29) is 12.0 Å². The number of nitrogens with zero attached hydrogens (tertiary/aromatic N) is 3. The van der Waals surface area contributed by atoms with Gasteiger partial charge in [0.1, 0.15) is 11.8 Å². The van der Waals surface area contributed by atoms with Gasteiger partial charge in [0.25, 0.3) is 0 Å². The summed E-state index contributed by atoms with van der Waals surface area (Å²) in [6.07, 6.45) is 9.35. The van der Waals surface area contributed by atoms with Gasteiger partial charge >= 0.3 is 0 Å². The van der Waals surface area contributed by atoms with Gasteiger partial charge in [-0.2, -0.15) is 4.98 Å². The van der Waals surface area contributed by atoms with Gasteiger partial charge in [0, 0.05) is 12.1 Å². The lowest BCUT2D eigenvalue weighted by molar-refractivity contribution is 0.283. The Balaban J connectivity index is 1.63. The molecule has 30 heavy (non-hydrogen) atoms. The molecule has 2 heterocycles. The molecule has 3 rings (SSSR count). The van der Waals surface area contributed by atoms with E-state index in [4.69, 9.17) is 20.4 Å². The Bertz CT molecular complexity index is 825. The van der Waals surface area contributed by atoms with Crippen molar-refractivity contribution in [2.45, 2.75) is 78.2 Å². The number of likely N-dealkylation sites (tertiary alicyclic amines) is 1. The van der Waals surface area contributed by atoms with Gasteiger partial charge in [0.2, 0.25) is 11.7 Å². The molecule has 164 valence electrons. The number of ether oxygens (including phenoxy) is 1. The van der Waals surface area contributed by atoms with Crippen LogP contribution >= 0.6 is 0 Å². The lowest BCUT2D eigenvalue weighted by Crippen LogP contribution is -2.35. The lowest BCUT2D eigenvalue weighted by Gasteiger charge is -2.21. The minimum atomic E-state index is -0.106. The van der Waals surface area contributed by atoms with Gasteiger partial charge in [-0.25, -0.2) is 0 Å². The molecule has 1 aliphatic heterocycles. The van der Waals surface area contributed by atoms with E-state index in [9.17, 15) is 0 Å². The predicted octanol–water partition coefficient (Wildman–Crippen LogP) is 5.12. The highest BCUT2D eigenvalue weighted by Gasteiger charge is 2.31. The van der Waals surface area contributed by atoms with Gasteiger partial charge in [-0.05, 0) is 56.4 Å². The SMILES string of the molecule is CCCCCCCCOc1c(C)cc(-c2noc([C@@H]3CCCN3C(=N)N)n2)cc1C. The molecule has 0 amide bonds. The van der Waals surface area contributed by atoms with Gasteiger partial charge in [0.05, 0.1) is 6.61 Å². The van der Waals surface area contributed by atoms with Gasteiger partial charge < -0.3 is 19.9 Å². The summed E-state index contributed by atoms with van der Waals surface area (Å²) in [7, 11) is 0. The molecule has 0 bridgehead atoms. The average molecular weight is 414 g/mol. The summed E-state index contributed by atoms with van der Waals surface area (Å²) in [4.78, 5) is 6.42. The largest absolute Gasteiger partial charge is 0.493 e. The molecule has 1 saturated heterocycles. The fraction of sp³-hybridized carbons (Fsp3) is 0.609. The van der Waals surface area contributed by atoms with Crippen LogP contribution in [0.1, 0.15) is 81.3 Å². The summed E-state index contributed by atoms with van der Waals surface area (Å²) >= 11 is 0. The molecule has 3 N–H and O–H groups in total. The molecule has 0 radical (unpaired) electrons.